The summed E-state index contributed by atoms with van der Waals surface area (Å²) < 4.78 is 2.45. The summed E-state index contributed by atoms with van der Waals surface area (Å²) in [6.45, 7) is 6.96. The van der Waals surface area contributed by atoms with Gasteiger partial charge in [-0.25, -0.2) is 9.97 Å². The molecule has 0 bridgehead atoms. The lowest BCUT2D eigenvalue weighted by molar-refractivity contribution is 0.664. The van der Waals surface area contributed by atoms with Crippen LogP contribution in [0.1, 0.15) is 49.6 Å². The van der Waals surface area contributed by atoms with E-state index in [2.05, 4.69) is 153 Å². The predicted octanol–water partition coefficient (Wildman–Crippen LogP) is 12.2. The monoisotopic (exact) mass is 680 g/mol. The Morgan fingerprint density at radius 2 is 1.51 bits per heavy atom. The molecule has 8 aromatic rings. The minimum atomic E-state index is -0.214. The molecule has 0 N–H and O–H groups in total. The standard InChI is InChI=1S/C49H36N4/c1-30-12-10-15-33(24-30)46-41-18-5-8-20-43(41)51-48(52-46)35-26-34(32-14-11-13-31(25-32)29-50)27-36(28-35)53-44-21-9-6-17-38(44)40-23-22-39-37-16-4-7-19-42(37)49(2,3)45(39)47(40)53/h4-11,13-28,30H,12H2,1-3H3. The van der Waals surface area contributed by atoms with Crippen molar-refractivity contribution in [1.82, 2.24) is 14.5 Å². The van der Waals surface area contributed by atoms with Crippen LogP contribution in [-0.2, 0) is 5.41 Å². The molecule has 4 heteroatoms. The highest BCUT2D eigenvalue weighted by atomic mass is 15.0. The van der Waals surface area contributed by atoms with Crippen molar-refractivity contribution < 1.29 is 0 Å². The molecule has 0 radical (unpaired) electrons. The first-order valence-electron chi connectivity index (χ1n) is 18.4. The summed E-state index contributed by atoms with van der Waals surface area (Å²) in [7, 11) is 0. The summed E-state index contributed by atoms with van der Waals surface area (Å²) in [6, 6.07) is 47.4. The highest BCUT2D eigenvalue weighted by molar-refractivity contribution is 6.13. The lowest BCUT2D eigenvalue weighted by Gasteiger charge is -2.24. The van der Waals surface area contributed by atoms with Crippen molar-refractivity contribution in [2.24, 2.45) is 5.92 Å². The Bertz CT molecular complexity index is 2930. The topological polar surface area (TPSA) is 54.5 Å². The van der Waals surface area contributed by atoms with Gasteiger partial charge in [0.25, 0.3) is 0 Å². The molecule has 0 aliphatic heterocycles. The molecule has 0 fully saturated rings. The van der Waals surface area contributed by atoms with Gasteiger partial charge in [0.05, 0.1) is 33.9 Å². The number of nitriles is 1. The first-order chi connectivity index (χ1) is 25.9. The molecule has 0 spiro atoms. The van der Waals surface area contributed by atoms with Gasteiger partial charge in [-0.2, -0.15) is 5.26 Å². The Morgan fingerprint density at radius 1 is 0.717 bits per heavy atom. The Hall–Kier alpha value is -6.57. The maximum atomic E-state index is 9.88. The molecule has 6 aromatic carbocycles. The number of allylic oxidation sites excluding steroid dienone is 4. The van der Waals surface area contributed by atoms with Crippen LogP contribution in [0, 0.1) is 17.2 Å². The van der Waals surface area contributed by atoms with Crippen molar-refractivity contribution in [2.75, 3.05) is 0 Å². The molecule has 4 nitrogen and oxygen atoms in total. The molecule has 53 heavy (non-hydrogen) atoms. The third kappa shape index (κ3) is 4.81. The van der Waals surface area contributed by atoms with Gasteiger partial charge in [-0.3, -0.25) is 0 Å². The maximum Gasteiger partial charge on any atom is 0.160 e. The van der Waals surface area contributed by atoms with Crippen molar-refractivity contribution in [3.8, 4) is 45.4 Å². The van der Waals surface area contributed by atoms with Gasteiger partial charge in [-0.1, -0.05) is 124 Å². The second kappa shape index (κ2) is 11.7. The van der Waals surface area contributed by atoms with Gasteiger partial charge in [0.15, 0.2) is 5.82 Å². The molecule has 0 saturated heterocycles. The highest BCUT2D eigenvalue weighted by Gasteiger charge is 2.38. The lowest BCUT2D eigenvalue weighted by Crippen LogP contribution is -2.16. The summed E-state index contributed by atoms with van der Waals surface area (Å²) >= 11 is 0. The maximum absolute atomic E-state index is 9.88. The van der Waals surface area contributed by atoms with Crippen LogP contribution in [-0.4, -0.2) is 14.5 Å². The number of aromatic nitrogens is 3. The van der Waals surface area contributed by atoms with E-state index in [9.17, 15) is 5.26 Å². The number of fused-ring (bicyclic) bond motifs is 8. The Kier molecular flexibility index (Phi) is 6.90. The normalized spacial score (nSPS) is 15.7. The van der Waals surface area contributed by atoms with Crippen LogP contribution in [0.5, 0.6) is 0 Å². The third-order valence-electron chi connectivity index (χ3n) is 11.3. The van der Waals surface area contributed by atoms with E-state index in [-0.39, 0.29) is 5.41 Å². The van der Waals surface area contributed by atoms with E-state index >= 15 is 0 Å². The molecular weight excluding hydrogens is 645 g/mol. The zero-order valence-corrected chi connectivity index (χ0v) is 29.9. The summed E-state index contributed by atoms with van der Waals surface area (Å²) in [5.74, 6) is 1.10. The van der Waals surface area contributed by atoms with E-state index in [1.54, 1.807) is 0 Å². The number of para-hydroxylation sites is 2. The Labute approximate surface area is 309 Å². The zero-order valence-electron chi connectivity index (χ0n) is 29.9. The zero-order chi connectivity index (χ0) is 35.8. The summed E-state index contributed by atoms with van der Waals surface area (Å²) in [6.07, 6.45) is 7.80. The second-order valence-corrected chi connectivity index (χ2v) is 15.0. The SMILES string of the molecule is CC1C=C(c2nc(-c3cc(-c4cccc(C#N)c4)cc(-n4c5ccccc5c5ccc6c(c54)C(C)(C)c4ccccc4-6)c3)nc3ccccc23)C=CC1. The molecule has 2 heterocycles. The number of rotatable bonds is 4. The summed E-state index contributed by atoms with van der Waals surface area (Å²) in [4.78, 5) is 10.6. The Balaban J connectivity index is 1.30. The molecule has 2 aliphatic carbocycles. The van der Waals surface area contributed by atoms with E-state index in [4.69, 9.17) is 9.97 Å². The smallest absolute Gasteiger partial charge is 0.160 e. The minimum Gasteiger partial charge on any atom is -0.309 e. The van der Waals surface area contributed by atoms with E-state index in [1.165, 1.54) is 38.5 Å². The van der Waals surface area contributed by atoms with Gasteiger partial charge in [0.2, 0.25) is 0 Å². The van der Waals surface area contributed by atoms with Crippen LogP contribution in [0.15, 0.2) is 146 Å². The van der Waals surface area contributed by atoms with Crippen molar-refractivity contribution in [3.63, 3.8) is 0 Å². The Morgan fingerprint density at radius 3 is 2.38 bits per heavy atom. The van der Waals surface area contributed by atoms with E-state index in [0.29, 0.717) is 17.3 Å². The third-order valence-corrected chi connectivity index (χ3v) is 11.3. The molecule has 2 aromatic heterocycles. The van der Waals surface area contributed by atoms with Crippen molar-refractivity contribution in [2.45, 2.75) is 32.6 Å². The first-order valence-corrected chi connectivity index (χ1v) is 18.4. The van der Waals surface area contributed by atoms with Crippen LogP contribution in [0.25, 0.3) is 77.6 Å². The van der Waals surface area contributed by atoms with Crippen LogP contribution in [0.2, 0.25) is 0 Å². The van der Waals surface area contributed by atoms with Crippen LogP contribution < -0.4 is 0 Å². The van der Waals surface area contributed by atoms with E-state index in [1.807, 2.05) is 24.3 Å². The molecule has 252 valence electrons. The average molecular weight is 681 g/mol. The fourth-order valence-electron chi connectivity index (χ4n) is 8.81. The van der Waals surface area contributed by atoms with Crippen LogP contribution >= 0.6 is 0 Å². The second-order valence-electron chi connectivity index (χ2n) is 15.0. The molecular formula is C49H36N4. The highest BCUT2D eigenvalue weighted by Crippen LogP contribution is 2.53. The van der Waals surface area contributed by atoms with Gasteiger partial charge < -0.3 is 4.57 Å². The average Bonchev–Trinajstić information content (AvgIpc) is 3.65. The number of benzene rings is 6. The largest absolute Gasteiger partial charge is 0.309 e. The fourth-order valence-corrected chi connectivity index (χ4v) is 8.81. The van der Waals surface area contributed by atoms with E-state index in [0.717, 1.165) is 56.5 Å². The van der Waals surface area contributed by atoms with Gasteiger partial charge in [0.1, 0.15) is 0 Å². The van der Waals surface area contributed by atoms with E-state index < -0.39 is 0 Å². The number of nitrogens with zero attached hydrogens (tertiary/aromatic N) is 4. The predicted molar refractivity (Wildman–Crippen MR) is 218 cm³/mol. The van der Waals surface area contributed by atoms with Gasteiger partial charge in [-0.15, -0.1) is 0 Å². The molecule has 2 aliphatic rings. The lowest BCUT2D eigenvalue weighted by atomic mass is 9.81. The summed E-state index contributed by atoms with van der Waals surface area (Å²) in [5, 5.41) is 13.4. The van der Waals surface area contributed by atoms with Gasteiger partial charge in [0, 0.05) is 32.8 Å². The van der Waals surface area contributed by atoms with Gasteiger partial charge >= 0.3 is 0 Å². The summed E-state index contributed by atoms with van der Waals surface area (Å²) in [5.41, 5.74) is 14.9. The van der Waals surface area contributed by atoms with Crippen LogP contribution in [0.3, 0.4) is 0 Å². The minimum absolute atomic E-state index is 0.214. The molecule has 0 amide bonds. The molecule has 10 rings (SSSR count). The van der Waals surface area contributed by atoms with Crippen molar-refractivity contribution in [1.29, 1.82) is 5.26 Å². The van der Waals surface area contributed by atoms with Gasteiger partial charge in [-0.05, 0) is 93.8 Å². The quantitative estimate of drug-likeness (QED) is 0.186. The molecule has 1 atom stereocenters. The number of hydrogen-bond donors (Lipinski definition) is 0. The number of hydrogen-bond acceptors (Lipinski definition) is 3. The molecule has 0 saturated carbocycles. The van der Waals surface area contributed by atoms with Crippen molar-refractivity contribution >= 4 is 38.3 Å². The van der Waals surface area contributed by atoms with Crippen LogP contribution in [0.4, 0.5) is 0 Å². The fraction of sp³-hybridized carbons (Fsp3) is 0.122. The first kappa shape index (κ1) is 31.2. The van der Waals surface area contributed by atoms with Crippen molar-refractivity contribution in [3.05, 3.63) is 168 Å². The molecule has 1 unspecified atom stereocenters.